The molecule has 0 saturated carbocycles. The number of pyridine rings is 1. The van der Waals surface area contributed by atoms with Crippen LogP contribution < -0.4 is 10.2 Å². The van der Waals surface area contributed by atoms with Gasteiger partial charge in [0.15, 0.2) is 0 Å². The lowest BCUT2D eigenvalue weighted by Crippen LogP contribution is -2.18. The summed E-state index contributed by atoms with van der Waals surface area (Å²) in [5.41, 5.74) is 4.10. The Morgan fingerprint density at radius 1 is 1.00 bits per heavy atom. The number of unbranched alkanes of at least 4 members (excludes halogenated alkanes) is 4. The molecule has 0 spiro atoms. The molecule has 0 radical (unpaired) electrons. The maximum Gasteiger partial charge on any atom is 0.224 e. The number of hydrogen-bond acceptors (Lipinski definition) is 3. The van der Waals surface area contributed by atoms with E-state index < -0.39 is 0 Å². The maximum absolute atomic E-state index is 12.3. The Labute approximate surface area is 180 Å². The fourth-order valence-electron chi connectivity index (χ4n) is 3.62. The molecule has 4 nitrogen and oxygen atoms in total. The van der Waals surface area contributed by atoms with Crippen molar-refractivity contribution < 1.29 is 4.79 Å². The predicted octanol–water partition coefficient (Wildman–Crippen LogP) is 6.21. The largest absolute Gasteiger partial charge is 0.375 e. The summed E-state index contributed by atoms with van der Waals surface area (Å²) in [5.74, 6) is 0.0142. The summed E-state index contributed by atoms with van der Waals surface area (Å²) < 4.78 is 0. The first kappa shape index (κ1) is 21.8. The van der Waals surface area contributed by atoms with Crippen LogP contribution >= 0.6 is 0 Å². The first-order valence-electron chi connectivity index (χ1n) is 11.1. The number of carbonyl (C=O) groups is 1. The van der Waals surface area contributed by atoms with E-state index in [2.05, 4.69) is 53.4 Å². The number of aryl methyl sites for hydroxylation is 1. The fraction of sp³-hybridized carbons (Fsp3) is 0.385. The van der Waals surface area contributed by atoms with E-state index in [1.54, 1.807) is 6.20 Å². The lowest BCUT2D eigenvalue weighted by molar-refractivity contribution is -0.116. The molecule has 30 heavy (non-hydrogen) atoms. The minimum Gasteiger partial charge on any atom is -0.375 e. The molecule has 1 N–H and O–H groups in total. The SMILES string of the molecule is CCCCCCCN(C)c1ccc(CCC(=O)Nc2cnc3ccccc3c2)cc1. The average molecular weight is 404 g/mol. The number of amides is 1. The van der Waals surface area contributed by atoms with Crippen LogP contribution in [0.5, 0.6) is 0 Å². The molecule has 0 unspecified atom stereocenters. The van der Waals surface area contributed by atoms with Crippen molar-refractivity contribution in [3.05, 3.63) is 66.4 Å². The van der Waals surface area contributed by atoms with E-state index >= 15 is 0 Å². The topological polar surface area (TPSA) is 45.2 Å². The first-order chi connectivity index (χ1) is 14.7. The molecule has 0 aliphatic rings. The molecule has 4 heteroatoms. The van der Waals surface area contributed by atoms with Gasteiger partial charge in [-0.1, -0.05) is 62.9 Å². The third-order valence-corrected chi connectivity index (χ3v) is 5.49. The van der Waals surface area contributed by atoms with Gasteiger partial charge in [-0.25, -0.2) is 0 Å². The number of nitrogens with one attached hydrogen (secondary N) is 1. The molecule has 0 fully saturated rings. The van der Waals surface area contributed by atoms with Crippen molar-refractivity contribution in [2.75, 3.05) is 23.8 Å². The Hall–Kier alpha value is -2.88. The molecular formula is C26H33N3O. The third kappa shape index (κ3) is 6.58. The highest BCUT2D eigenvalue weighted by Crippen LogP contribution is 2.18. The summed E-state index contributed by atoms with van der Waals surface area (Å²) in [4.78, 5) is 19.1. The summed E-state index contributed by atoms with van der Waals surface area (Å²) in [6.45, 7) is 3.34. The van der Waals surface area contributed by atoms with E-state index in [1.807, 2.05) is 30.3 Å². The second kappa shape index (κ2) is 11.3. The predicted molar refractivity (Wildman–Crippen MR) is 127 cm³/mol. The minimum absolute atomic E-state index is 0.0142. The summed E-state index contributed by atoms with van der Waals surface area (Å²) in [6, 6.07) is 18.5. The minimum atomic E-state index is 0.0142. The van der Waals surface area contributed by atoms with Gasteiger partial charge in [-0.05, 0) is 42.7 Å². The van der Waals surface area contributed by atoms with Crippen LogP contribution in [0.15, 0.2) is 60.8 Å². The van der Waals surface area contributed by atoms with E-state index in [9.17, 15) is 4.79 Å². The van der Waals surface area contributed by atoms with Crippen molar-refractivity contribution in [1.29, 1.82) is 0 Å². The standard InChI is InChI=1S/C26H33N3O/c1-3-4-5-6-9-18-29(2)24-15-12-21(13-16-24)14-17-26(30)28-23-19-22-10-7-8-11-25(22)27-20-23/h7-8,10-13,15-16,19-20H,3-6,9,14,17-18H2,1-2H3,(H,28,30). The number of aromatic nitrogens is 1. The fourth-order valence-corrected chi connectivity index (χ4v) is 3.62. The summed E-state index contributed by atoms with van der Waals surface area (Å²) in [6.07, 6.45) is 9.40. The van der Waals surface area contributed by atoms with Crippen LogP contribution in [0.2, 0.25) is 0 Å². The Bertz CT molecular complexity index is 936. The zero-order chi connectivity index (χ0) is 21.2. The van der Waals surface area contributed by atoms with Gasteiger partial charge < -0.3 is 10.2 Å². The quantitative estimate of drug-likeness (QED) is 0.387. The van der Waals surface area contributed by atoms with Gasteiger partial charge in [0, 0.05) is 31.1 Å². The number of benzene rings is 2. The van der Waals surface area contributed by atoms with E-state index in [0.717, 1.165) is 29.6 Å². The second-order valence-corrected chi connectivity index (χ2v) is 7.97. The number of anilines is 2. The Morgan fingerprint density at radius 2 is 1.77 bits per heavy atom. The van der Waals surface area contributed by atoms with Gasteiger partial charge in [0.05, 0.1) is 17.4 Å². The van der Waals surface area contributed by atoms with Crippen LogP contribution in [0.4, 0.5) is 11.4 Å². The maximum atomic E-state index is 12.3. The Balaban J connectivity index is 1.44. The summed E-state index contributed by atoms with van der Waals surface area (Å²) in [7, 11) is 2.15. The van der Waals surface area contributed by atoms with Crippen molar-refractivity contribution >= 4 is 28.2 Å². The molecular weight excluding hydrogens is 370 g/mol. The molecule has 3 rings (SSSR count). The normalized spacial score (nSPS) is 10.9. The number of rotatable bonds is 11. The van der Waals surface area contributed by atoms with Crippen LogP contribution in [-0.4, -0.2) is 24.5 Å². The van der Waals surface area contributed by atoms with Gasteiger partial charge in [-0.15, -0.1) is 0 Å². The number of hydrogen-bond donors (Lipinski definition) is 1. The van der Waals surface area contributed by atoms with Crippen LogP contribution in [-0.2, 0) is 11.2 Å². The van der Waals surface area contributed by atoms with E-state index in [4.69, 9.17) is 0 Å². The number of fused-ring (bicyclic) bond motifs is 1. The van der Waals surface area contributed by atoms with Crippen LogP contribution in [0.3, 0.4) is 0 Å². The van der Waals surface area contributed by atoms with E-state index in [0.29, 0.717) is 6.42 Å². The number of para-hydroxylation sites is 1. The molecule has 0 aliphatic carbocycles. The number of carbonyl (C=O) groups excluding carboxylic acids is 1. The van der Waals surface area contributed by atoms with Crippen molar-refractivity contribution in [1.82, 2.24) is 4.98 Å². The van der Waals surface area contributed by atoms with Gasteiger partial charge in [-0.3, -0.25) is 9.78 Å². The molecule has 0 bridgehead atoms. The average Bonchev–Trinajstić information content (AvgIpc) is 2.77. The first-order valence-corrected chi connectivity index (χ1v) is 11.1. The molecule has 0 aliphatic heterocycles. The zero-order valence-electron chi connectivity index (χ0n) is 18.2. The van der Waals surface area contributed by atoms with Gasteiger partial charge in [0.25, 0.3) is 0 Å². The molecule has 1 amide bonds. The lowest BCUT2D eigenvalue weighted by Gasteiger charge is -2.19. The van der Waals surface area contributed by atoms with Gasteiger partial charge in [0.2, 0.25) is 5.91 Å². The summed E-state index contributed by atoms with van der Waals surface area (Å²) >= 11 is 0. The van der Waals surface area contributed by atoms with Crippen LogP contribution in [0, 0.1) is 0 Å². The lowest BCUT2D eigenvalue weighted by atomic mass is 10.1. The van der Waals surface area contributed by atoms with Crippen molar-refractivity contribution in [2.24, 2.45) is 0 Å². The molecule has 158 valence electrons. The second-order valence-electron chi connectivity index (χ2n) is 7.97. The molecule has 0 atom stereocenters. The molecule has 1 aromatic heterocycles. The van der Waals surface area contributed by atoms with E-state index in [1.165, 1.54) is 43.4 Å². The molecule has 1 heterocycles. The third-order valence-electron chi connectivity index (χ3n) is 5.49. The molecule has 2 aromatic carbocycles. The molecule has 3 aromatic rings. The van der Waals surface area contributed by atoms with Crippen molar-refractivity contribution in [2.45, 2.75) is 51.9 Å². The van der Waals surface area contributed by atoms with Crippen LogP contribution in [0.25, 0.3) is 10.9 Å². The Kier molecular flexibility index (Phi) is 8.25. The van der Waals surface area contributed by atoms with Gasteiger partial charge in [-0.2, -0.15) is 0 Å². The van der Waals surface area contributed by atoms with Crippen LogP contribution in [0.1, 0.15) is 51.0 Å². The zero-order valence-corrected chi connectivity index (χ0v) is 18.2. The highest BCUT2D eigenvalue weighted by atomic mass is 16.1. The van der Waals surface area contributed by atoms with E-state index in [-0.39, 0.29) is 5.91 Å². The highest BCUT2D eigenvalue weighted by molar-refractivity contribution is 5.93. The smallest absolute Gasteiger partial charge is 0.224 e. The molecule has 0 saturated heterocycles. The number of nitrogens with zero attached hydrogens (tertiary/aromatic N) is 2. The van der Waals surface area contributed by atoms with Crippen molar-refractivity contribution in [3.8, 4) is 0 Å². The van der Waals surface area contributed by atoms with Crippen molar-refractivity contribution in [3.63, 3.8) is 0 Å². The highest BCUT2D eigenvalue weighted by Gasteiger charge is 2.06. The Morgan fingerprint density at radius 3 is 2.57 bits per heavy atom. The van der Waals surface area contributed by atoms with Gasteiger partial charge in [0.1, 0.15) is 0 Å². The summed E-state index contributed by atoms with van der Waals surface area (Å²) in [5, 5.41) is 3.99. The monoisotopic (exact) mass is 403 g/mol. The van der Waals surface area contributed by atoms with Gasteiger partial charge >= 0.3 is 0 Å².